The molecule has 110 valence electrons. The van der Waals surface area contributed by atoms with Gasteiger partial charge < -0.3 is 15.0 Å². The number of hydrogen-bond donors (Lipinski definition) is 1. The fraction of sp³-hybridized carbons (Fsp3) is 0.615. The standard InChI is InChI=1S/C13H20N4O3/c1-2-3-12(18)14-11-4-5-17(15-11)10-13(19)16-6-8-20-9-7-16/h4-5H,2-3,6-10H2,1H3,(H,14,15,18). The third-order valence-electron chi connectivity index (χ3n) is 3.05. The van der Waals surface area contributed by atoms with E-state index in [4.69, 9.17) is 4.74 Å². The van der Waals surface area contributed by atoms with Crippen molar-refractivity contribution >= 4 is 17.6 Å². The summed E-state index contributed by atoms with van der Waals surface area (Å²) in [6, 6.07) is 1.69. The summed E-state index contributed by atoms with van der Waals surface area (Å²) in [6.07, 6.45) is 2.96. The Morgan fingerprint density at radius 2 is 2.15 bits per heavy atom. The number of rotatable bonds is 5. The molecule has 2 rings (SSSR count). The Kier molecular flexibility index (Phi) is 5.11. The minimum absolute atomic E-state index is 0.0165. The van der Waals surface area contributed by atoms with Crippen LogP contribution >= 0.6 is 0 Å². The van der Waals surface area contributed by atoms with Gasteiger partial charge in [0.05, 0.1) is 13.2 Å². The van der Waals surface area contributed by atoms with Gasteiger partial charge in [0.15, 0.2) is 5.82 Å². The predicted octanol–water partition coefficient (Wildman–Crippen LogP) is 0.480. The molecule has 1 saturated heterocycles. The van der Waals surface area contributed by atoms with Crippen molar-refractivity contribution in [2.45, 2.75) is 26.3 Å². The van der Waals surface area contributed by atoms with Gasteiger partial charge in [-0.1, -0.05) is 6.92 Å². The second-order valence-electron chi connectivity index (χ2n) is 4.69. The van der Waals surface area contributed by atoms with Gasteiger partial charge in [0.1, 0.15) is 6.54 Å². The first-order valence-electron chi connectivity index (χ1n) is 6.88. The van der Waals surface area contributed by atoms with Gasteiger partial charge in [-0.05, 0) is 6.42 Å². The highest BCUT2D eigenvalue weighted by Crippen LogP contribution is 2.05. The highest BCUT2D eigenvalue weighted by atomic mass is 16.5. The summed E-state index contributed by atoms with van der Waals surface area (Å²) in [5.74, 6) is 0.443. The van der Waals surface area contributed by atoms with E-state index in [0.717, 1.165) is 6.42 Å². The number of carbonyl (C=O) groups is 2. The molecule has 0 saturated carbocycles. The second kappa shape index (κ2) is 7.04. The van der Waals surface area contributed by atoms with Gasteiger partial charge >= 0.3 is 0 Å². The monoisotopic (exact) mass is 280 g/mol. The molecular weight excluding hydrogens is 260 g/mol. The maximum atomic E-state index is 12.0. The van der Waals surface area contributed by atoms with Gasteiger partial charge in [-0.2, -0.15) is 5.10 Å². The van der Waals surface area contributed by atoms with Crippen molar-refractivity contribution in [1.29, 1.82) is 0 Å². The van der Waals surface area contributed by atoms with Crippen LogP contribution in [0.1, 0.15) is 19.8 Å². The summed E-state index contributed by atoms with van der Waals surface area (Å²) in [4.78, 5) is 25.2. The summed E-state index contributed by atoms with van der Waals surface area (Å²) < 4.78 is 6.75. The molecule has 1 aliphatic heterocycles. The highest BCUT2D eigenvalue weighted by Gasteiger charge is 2.17. The zero-order chi connectivity index (χ0) is 14.4. The van der Waals surface area contributed by atoms with Crippen LogP contribution in [0.3, 0.4) is 0 Å². The maximum Gasteiger partial charge on any atom is 0.244 e. The second-order valence-corrected chi connectivity index (χ2v) is 4.69. The van der Waals surface area contributed by atoms with E-state index >= 15 is 0 Å². The molecule has 2 amide bonds. The van der Waals surface area contributed by atoms with E-state index in [9.17, 15) is 9.59 Å². The quantitative estimate of drug-likeness (QED) is 0.851. The van der Waals surface area contributed by atoms with Gasteiger partial charge in [-0.25, -0.2) is 0 Å². The predicted molar refractivity (Wildman–Crippen MR) is 73.2 cm³/mol. The third-order valence-corrected chi connectivity index (χ3v) is 3.05. The average Bonchev–Trinajstić information content (AvgIpc) is 2.87. The Morgan fingerprint density at radius 3 is 2.85 bits per heavy atom. The SMILES string of the molecule is CCCC(=O)Nc1ccn(CC(=O)N2CCOCC2)n1. The van der Waals surface area contributed by atoms with Crippen molar-refractivity contribution in [3.63, 3.8) is 0 Å². The Hall–Kier alpha value is -1.89. The Balaban J connectivity index is 1.85. The first-order valence-corrected chi connectivity index (χ1v) is 6.88. The Morgan fingerprint density at radius 1 is 1.40 bits per heavy atom. The van der Waals surface area contributed by atoms with Crippen LogP contribution in [0.25, 0.3) is 0 Å². The van der Waals surface area contributed by atoms with Gasteiger partial charge in [0.2, 0.25) is 11.8 Å². The minimum Gasteiger partial charge on any atom is -0.378 e. The summed E-state index contributed by atoms with van der Waals surface area (Å²) >= 11 is 0. The van der Waals surface area contributed by atoms with Crippen LogP contribution in [0, 0.1) is 0 Å². The van der Waals surface area contributed by atoms with E-state index in [0.29, 0.717) is 38.5 Å². The molecular formula is C13H20N4O3. The molecule has 2 heterocycles. The molecule has 1 aromatic rings. The molecule has 0 radical (unpaired) electrons. The summed E-state index contributed by atoms with van der Waals surface area (Å²) in [7, 11) is 0. The number of morpholine rings is 1. The van der Waals surface area contributed by atoms with E-state index in [-0.39, 0.29) is 18.4 Å². The maximum absolute atomic E-state index is 12.0. The molecule has 1 N–H and O–H groups in total. The molecule has 1 aliphatic rings. The van der Waals surface area contributed by atoms with Crippen LogP contribution in [0.4, 0.5) is 5.82 Å². The zero-order valence-electron chi connectivity index (χ0n) is 11.7. The minimum atomic E-state index is -0.0581. The van der Waals surface area contributed by atoms with Crippen molar-refractivity contribution in [2.75, 3.05) is 31.6 Å². The molecule has 0 unspecified atom stereocenters. The lowest BCUT2D eigenvalue weighted by Crippen LogP contribution is -2.42. The summed E-state index contributed by atoms with van der Waals surface area (Å²) in [6.45, 7) is 4.55. The van der Waals surface area contributed by atoms with E-state index in [1.807, 2.05) is 6.92 Å². The molecule has 0 aromatic carbocycles. The van der Waals surface area contributed by atoms with E-state index in [2.05, 4.69) is 10.4 Å². The highest BCUT2D eigenvalue weighted by molar-refractivity contribution is 5.89. The first-order chi connectivity index (χ1) is 9.69. The van der Waals surface area contributed by atoms with Crippen molar-refractivity contribution in [2.24, 2.45) is 0 Å². The van der Waals surface area contributed by atoms with Gasteiger partial charge in [-0.15, -0.1) is 0 Å². The lowest BCUT2D eigenvalue weighted by atomic mass is 10.3. The van der Waals surface area contributed by atoms with Crippen LogP contribution in [-0.2, 0) is 20.9 Å². The van der Waals surface area contributed by atoms with Crippen molar-refractivity contribution in [1.82, 2.24) is 14.7 Å². The van der Waals surface area contributed by atoms with Crippen molar-refractivity contribution in [3.8, 4) is 0 Å². The number of anilines is 1. The number of carbonyl (C=O) groups excluding carboxylic acids is 2. The van der Waals surface area contributed by atoms with E-state index in [1.54, 1.807) is 21.8 Å². The van der Waals surface area contributed by atoms with Gasteiger partial charge in [0, 0.05) is 31.8 Å². The van der Waals surface area contributed by atoms with Crippen molar-refractivity contribution < 1.29 is 14.3 Å². The smallest absolute Gasteiger partial charge is 0.244 e. The van der Waals surface area contributed by atoms with Gasteiger partial charge in [0.25, 0.3) is 0 Å². The molecule has 0 aliphatic carbocycles. The fourth-order valence-corrected chi connectivity index (χ4v) is 2.00. The normalized spacial score (nSPS) is 15.2. The zero-order valence-corrected chi connectivity index (χ0v) is 11.7. The first kappa shape index (κ1) is 14.5. The molecule has 0 spiro atoms. The number of amides is 2. The van der Waals surface area contributed by atoms with Crippen molar-refractivity contribution in [3.05, 3.63) is 12.3 Å². The van der Waals surface area contributed by atoms with Gasteiger partial charge in [-0.3, -0.25) is 14.3 Å². The summed E-state index contributed by atoms with van der Waals surface area (Å²) in [5.41, 5.74) is 0. The van der Waals surface area contributed by atoms with Crippen LogP contribution in [0.15, 0.2) is 12.3 Å². The number of nitrogens with zero attached hydrogens (tertiary/aromatic N) is 3. The fourth-order valence-electron chi connectivity index (χ4n) is 2.00. The Labute approximate surface area is 117 Å². The lowest BCUT2D eigenvalue weighted by Gasteiger charge is -2.26. The van der Waals surface area contributed by atoms with Crippen LogP contribution in [-0.4, -0.2) is 52.8 Å². The van der Waals surface area contributed by atoms with E-state index in [1.165, 1.54) is 0 Å². The van der Waals surface area contributed by atoms with Crippen LogP contribution < -0.4 is 5.32 Å². The molecule has 20 heavy (non-hydrogen) atoms. The number of hydrogen-bond acceptors (Lipinski definition) is 4. The lowest BCUT2D eigenvalue weighted by molar-refractivity contribution is -0.136. The largest absolute Gasteiger partial charge is 0.378 e. The number of nitrogens with one attached hydrogen (secondary N) is 1. The average molecular weight is 280 g/mol. The van der Waals surface area contributed by atoms with E-state index < -0.39 is 0 Å². The molecule has 7 heteroatoms. The molecule has 0 atom stereocenters. The van der Waals surface area contributed by atoms with Crippen LogP contribution in [0.2, 0.25) is 0 Å². The number of aromatic nitrogens is 2. The number of ether oxygens (including phenoxy) is 1. The molecule has 1 aromatic heterocycles. The molecule has 0 bridgehead atoms. The Bertz CT molecular complexity index is 466. The summed E-state index contributed by atoms with van der Waals surface area (Å²) in [5, 5.41) is 6.87. The third kappa shape index (κ3) is 4.06. The topological polar surface area (TPSA) is 76.5 Å². The van der Waals surface area contributed by atoms with Crippen LogP contribution in [0.5, 0.6) is 0 Å². The molecule has 1 fully saturated rings. The molecule has 7 nitrogen and oxygen atoms in total.